The average Bonchev–Trinajstić information content (AvgIpc) is 2.46. The zero-order valence-electron chi connectivity index (χ0n) is 12.8. The Labute approximate surface area is 133 Å². The molecule has 0 spiro atoms. The monoisotopic (exact) mass is 371 g/mol. The quantitative estimate of drug-likeness (QED) is 0.616. The van der Waals surface area contributed by atoms with Crippen LogP contribution in [0.2, 0.25) is 0 Å². The van der Waals surface area contributed by atoms with Gasteiger partial charge in [0.25, 0.3) is 0 Å². The fourth-order valence-corrected chi connectivity index (χ4v) is 3.62. The number of halogens is 4. The van der Waals surface area contributed by atoms with Crippen LogP contribution in [0.25, 0.3) is 0 Å². The molecule has 0 saturated heterocycles. The summed E-state index contributed by atoms with van der Waals surface area (Å²) in [6, 6.07) is 0.126. The largest absolute Gasteiger partial charge is 0.391 e. The molecule has 1 saturated carbocycles. The highest BCUT2D eigenvalue weighted by Crippen LogP contribution is 2.40. The molecule has 1 rings (SSSR count). The lowest BCUT2D eigenvalue weighted by atomic mass is 9.80. The van der Waals surface area contributed by atoms with Crippen LogP contribution < -0.4 is 0 Å². The first-order valence-electron chi connectivity index (χ1n) is 7.78. The number of nitrogens with zero attached hydrogens (tertiary/aromatic N) is 1. The lowest BCUT2D eigenvalue weighted by molar-refractivity contribution is -0.187. The zero-order chi connectivity index (χ0) is 16.0. The number of carbonyl (C=O) groups is 1. The van der Waals surface area contributed by atoms with Gasteiger partial charge in [0.15, 0.2) is 0 Å². The van der Waals surface area contributed by atoms with Gasteiger partial charge in [0.2, 0.25) is 5.91 Å². The van der Waals surface area contributed by atoms with E-state index >= 15 is 0 Å². The van der Waals surface area contributed by atoms with Gasteiger partial charge in [-0.25, -0.2) is 0 Å². The average molecular weight is 372 g/mol. The van der Waals surface area contributed by atoms with Crippen molar-refractivity contribution in [1.29, 1.82) is 0 Å². The summed E-state index contributed by atoms with van der Waals surface area (Å²) in [5, 5.41) is 0.657. The van der Waals surface area contributed by atoms with Crippen LogP contribution in [0, 0.1) is 11.8 Å². The highest BCUT2D eigenvalue weighted by molar-refractivity contribution is 9.09. The van der Waals surface area contributed by atoms with Crippen molar-refractivity contribution in [2.75, 3.05) is 11.9 Å². The minimum Gasteiger partial charge on any atom is -0.339 e. The molecule has 0 N–H and O–H groups in total. The molecular weight excluding hydrogens is 347 g/mol. The Bertz CT molecular complexity index is 331. The third-order valence-corrected chi connectivity index (χ3v) is 4.83. The van der Waals surface area contributed by atoms with E-state index in [1.165, 1.54) is 0 Å². The molecule has 1 amide bonds. The topological polar surface area (TPSA) is 20.3 Å². The second-order valence-electron chi connectivity index (χ2n) is 5.79. The van der Waals surface area contributed by atoms with Gasteiger partial charge in [-0.15, -0.1) is 0 Å². The van der Waals surface area contributed by atoms with Crippen molar-refractivity contribution in [3.63, 3.8) is 0 Å². The van der Waals surface area contributed by atoms with Gasteiger partial charge < -0.3 is 4.90 Å². The summed E-state index contributed by atoms with van der Waals surface area (Å²) in [4.78, 5) is 14.4. The van der Waals surface area contributed by atoms with E-state index in [2.05, 4.69) is 15.9 Å². The molecule has 21 heavy (non-hydrogen) atoms. The Balaban J connectivity index is 2.78. The fraction of sp³-hybridized carbons (Fsp3) is 0.933. The molecule has 0 aromatic heterocycles. The number of hydrogen-bond acceptors (Lipinski definition) is 1. The van der Waals surface area contributed by atoms with E-state index in [0.717, 1.165) is 12.8 Å². The molecule has 2 atom stereocenters. The van der Waals surface area contributed by atoms with E-state index in [1.807, 2.05) is 13.8 Å². The van der Waals surface area contributed by atoms with Crippen molar-refractivity contribution in [2.24, 2.45) is 11.8 Å². The summed E-state index contributed by atoms with van der Waals surface area (Å²) in [6.45, 7) is 4.60. The predicted molar refractivity (Wildman–Crippen MR) is 81.4 cm³/mol. The normalized spacial score (nSPS) is 23.4. The first-order chi connectivity index (χ1) is 9.85. The first-order valence-corrected chi connectivity index (χ1v) is 8.90. The summed E-state index contributed by atoms with van der Waals surface area (Å²) in [5.74, 6) is -1.87. The molecule has 0 heterocycles. The second-order valence-corrected chi connectivity index (χ2v) is 6.59. The molecule has 1 aliphatic rings. The van der Waals surface area contributed by atoms with Crippen molar-refractivity contribution >= 4 is 21.8 Å². The second kappa shape index (κ2) is 8.39. The van der Waals surface area contributed by atoms with Gasteiger partial charge >= 0.3 is 6.18 Å². The van der Waals surface area contributed by atoms with Crippen LogP contribution in [0.15, 0.2) is 0 Å². The molecule has 124 valence electrons. The minimum absolute atomic E-state index is 0.0404. The Morgan fingerprint density at radius 2 is 1.90 bits per heavy atom. The number of hydrogen-bond donors (Lipinski definition) is 0. The van der Waals surface area contributed by atoms with Crippen molar-refractivity contribution < 1.29 is 18.0 Å². The molecule has 0 radical (unpaired) electrons. The molecule has 0 aromatic carbocycles. The van der Waals surface area contributed by atoms with Crippen LogP contribution in [0.4, 0.5) is 13.2 Å². The summed E-state index contributed by atoms with van der Waals surface area (Å²) >= 11 is 3.34. The lowest BCUT2D eigenvalue weighted by Gasteiger charge is -2.36. The molecule has 0 bridgehead atoms. The Hall–Kier alpha value is -0.260. The highest BCUT2D eigenvalue weighted by atomic mass is 79.9. The lowest BCUT2D eigenvalue weighted by Crippen LogP contribution is -2.46. The van der Waals surface area contributed by atoms with Crippen LogP contribution in [0.5, 0.6) is 0 Å². The molecule has 1 fully saturated rings. The Kier molecular flexibility index (Phi) is 7.51. The number of alkyl halides is 4. The van der Waals surface area contributed by atoms with E-state index in [-0.39, 0.29) is 24.8 Å². The molecule has 2 unspecified atom stereocenters. The van der Waals surface area contributed by atoms with Gasteiger partial charge in [-0.05, 0) is 32.1 Å². The standard InChI is InChI=1S/C15H25BrF3NO/c1-3-13(4-2)20(9-8-16)14(21)11-6-5-7-12(10-11)15(17,18)19/h11-13H,3-10H2,1-2H3. The van der Waals surface area contributed by atoms with E-state index in [4.69, 9.17) is 0 Å². The predicted octanol–water partition coefficient (Wildman–Crippen LogP) is 4.77. The van der Waals surface area contributed by atoms with Gasteiger partial charge in [0.05, 0.1) is 5.92 Å². The maximum atomic E-state index is 12.9. The SMILES string of the molecule is CCC(CC)N(CCBr)C(=O)C1CCCC(C(F)(F)F)C1. The third kappa shape index (κ3) is 5.15. The van der Waals surface area contributed by atoms with E-state index < -0.39 is 18.0 Å². The number of carbonyl (C=O) groups excluding carboxylic acids is 1. The Morgan fingerprint density at radius 3 is 2.38 bits per heavy atom. The molecule has 6 heteroatoms. The Morgan fingerprint density at radius 1 is 1.29 bits per heavy atom. The first kappa shape index (κ1) is 18.8. The van der Waals surface area contributed by atoms with Crippen molar-refractivity contribution in [2.45, 2.75) is 64.6 Å². The fourth-order valence-electron chi connectivity index (χ4n) is 3.24. The van der Waals surface area contributed by atoms with Crippen LogP contribution >= 0.6 is 15.9 Å². The van der Waals surface area contributed by atoms with Gasteiger partial charge in [-0.2, -0.15) is 13.2 Å². The minimum atomic E-state index is -4.17. The van der Waals surface area contributed by atoms with Crippen LogP contribution in [-0.4, -0.2) is 34.9 Å². The summed E-state index contributed by atoms with van der Waals surface area (Å²) < 4.78 is 38.7. The molecule has 2 nitrogen and oxygen atoms in total. The maximum Gasteiger partial charge on any atom is 0.391 e. The van der Waals surface area contributed by atoms with Gasteiger partial charge in [-0.3, -0.25) is 4.79 Å². The van der Waals surface area contributed by atoms with E-state index in [0.29, 0.717) is 24.7 Å². The van der Waals surface area contributed by atoms with E-state index in [9.17, 15) is 18.0 Å². The smallest absolute Gasteiger partial charge is 0.339 e. The summed E-state index contributed by atoms with van der Waals surface area (Å²) in [7, 11) is 0. The van der Waals surface area contributed by atoms with Crippen LogP contribution in [0.1, 0.15) is 52.4 Å². The van der Waals surface area contributed by atoms with Crippen molar-refractivity contribution in [1.82, 2.24) is 4.90 Å². The molecule has 0 aromatic rings. The van der Waals surface area contributed by atoms with Crippen molar-refractivity contribution in [3.05, 3.63) is 0 Å². The van der Waals surface area contributed by atoms with Gasteiger partial charge in [0.1, 0.15) is 0 Å². The maximum absolute atomic E-state index is 12.9. The van der Waals surface area contributed by atoms with Crippen molar-refractivity contribution in [3.8, 4) is 0 Å². The van der Waals surface area contributed by atoms with E-state index in [1.54, 1.807) is 4.90 Å². The van der Waals surface area contributed by atoms with Crippen LogP contribution in [-0.2, 0) is 4.79 Å². The molecule has 0 aliphatic heterocycles. The van der Waals surface area contributed by atoms with Gasteiger partial charge in [-0.1, -0.05) is 36.2 Å². The van der Waals surface area contributed by atoms with Crippen LogP contribution in [0.3, 0.4) is 0 Å². The number of amides is 1. The highest BCUT2D eigenvalue weighted by Gasteiger charge is 2.44. The summed E-state index contributed by atoms with van der Waals surface area (Å²) in [5.41, 5.74) is 0. The zero-order valence-corrected chi connectivity index (χ0v) is 14.3. The third-order valence-electron chi connectivity index (χ3n) is 4.48. The molecule has 1 aliphatic carbocycles. The summed E-state index contributed by atoms with van der Waals surface area (Å²) in [6.07, 6.45) is -1.29. The number of rotatable bonds is 6. The molecular formula is C15H25BrF3NO. The van der Waals surface area contributed by atoms with Gasteiger partial charge in [0, 0.05) is 23.8 Å².